The quantitative estimate of drug-likeness (QED) is 0.454. The van der Waals surface area contributed by atoms with Gasteiger partial charge in [0.2, 0.25) is 0 Å². The topological polar surface area (TPSA) is 89.3 Å². The second kappa shape index (κ2) is 9.00. The molecular formula is C22H21ClN6O. The van der Waals surface area contributed by atoms with E-state index in [1.807, 2.05) is 48.5 Å². The van der Waals surface area contributed by atoms with Crippen LogP contribution in [0.1, 0.15) is 31.2 Å². The van der Waals surface area contributed by atoms with Gasteiger partial charge in [-0.25, -0.2) is 10.1 Å². The predicted molar refractivity (Wildman–Crippen MR) is 116 cm³/mol. The number of tetrazole rings is 1. The van der Waals surface area contributed by atoms with E-state index in [4.69, 9.17) is 11.6 Å². The Hall–Kier alpha value is -3.32. The molecule has 2 aromatic carbocycles. The van der Waals surface area contributed by atoms with Gasteiger partial charge in [-0.1, -0.05) is 73.5 Å². The SMILES string of the molecule is CCCCc1nc(Cl)cc(=O)n1Cc1ccc(-c2ccccc2-c2nnn[nH]2)cc1. The first-order valence-corrected chi connectivity index (χ1v) is 10.2. The zero-order valence-electron chi connectivity index (χ0n) is 16.5. The number of unbranched alkanes of at least 4 members (excludes halogenated alkanes) is 1. The molecule has 30 heavy (non-hydrogen) atoms. The highest BCUT2D eigenvalue weighted by Crippen LogP contribution is 2.29. The number of aromatic amines is 1. The maximum atomic E-state index is 12.5. The van der Waals surface area contributed by atoms with Crippen LogP contribution in [0.2, 0.25) is 5.15 Å². The van der Waals surface area contributed by atoms with Crippen molar-refractivity contribution >= 4 is 11.6 Å². The van der Waals surface area contributed by atoms with Crippen LogP contribution in [0.15, 0.2) is 59.4 Å². The molecule has 4 rings (SSSR count). The predicted octanol–water partition coefficient (Wildman–Crippen LogP) is 4.13. The van der Waals surface area contributed by atoms with Gasteiger partial charge < -0.3 is 0 Å². The van der Waals surface area contributed by atoms with Crippen LogP contribution in [0.25, 0.3) is 22.5 Å². The van der Waals surface area contributed by atoms with Crippen LogP contribution >= 0.6 is 11.6 Å². The second-order valence-corrected chi connectivity index (χ2v) is 7.40. The van der Waals surface area contributed by atoms with E-state index in [-0.39, 0.29) is 10.7 Å². The third-order valence-electron chi connectivity index (χ3n) is 4.94. The van der Waals surface area contributed by atoms with E-state index in [0.717, 1.165) is 47.3 Å². The van der Waals surface area contributed by atoms with Gasteiger partial charge in [0.25, 0.3) is 5.56 Å². The van der Waals surface area contributed by atoms with Crippen molar-refractivity contribution in [3.63, 3.8) is 0 Å². The summed E-state index contributed by atoms with van der Waals surface area (Å²) in [5.74, 6) is 1.34. The highest BCUT2D eigenvalue weighted by Gasteiger charge is 2.11. The lowest BCUT2D eigenvalue weighted by Crippen LogP contribution is -2.25. The minimum absolute atomic E-state index is 0.131. The molecule has 0 radical (unpaired) electrons. The van der Waals surface area contributed by atoms with Crippen molar-refractivity contribution in [1.82, 2.24) is 30.2 Å². The van der Waals surface area contributed by atoms with Gasteiger partial charge in [0.15, 0.2) is 5.82 Å². The highest BCUT2D eigenvalue weighted by atomic mass is 35.5. The summed E-state index contributed by atoms with van der Waals surface area (Å²) in [5, 5.41) is 14.4. The number of nitrogens with zero attached hydrogens (tertiary/aromatic N) is 5. The van der Waals surface area contributed by atoms with E-state index in [1.165, 1.54) is 6.07 Å². The Labute approximate surface area is 178 Å². The Bertz CT molecular complexity index is 1190. The summed E-state index contributed by atoms with van der Waals surface area (Å²) in [7, 11) is 0. The van der Waals surface area contributed by atoms with Crippen molar-refractivity contribution < 1.29 is 0 Å². The Kier molecular flexibility index (Phi) is 5.99. The molecule has 152 valence electrons. The molecule has 0 amide bonds. The molecule has 0 aliphatic rings. The molecule has 0 aliphatic carbocycles. The monoisotopic (exact) mass is 420 g/mol. The highest BCUT2D eigenvalue weighted by molar-refractivity contribution is 6.29. The van der Waals surface area contributed by atoms with Crippen molar-refractivity contribution in [1.29, 1.82) is 0 Å². The van der Waals surface area contributed by atoms with Crippen molar-refractivity contribution in [3.05, 3.63) is 81.5 Å². The minimum atomic E-state index is -0.131. The largest absolute Gasteiger partial charge is 0.292 e. The van der Waals surface area contributed by atoms with Gasteiger partial charge in [-0.3, -0.25) is 9.36 Å². The summed E-state index contributed by atoms with van der Waals surface area (Å²) in [4.78, 5) is 16.9. The molecule has 0 spiro atoms. The standard InChI is InChI=1S/C22H21ClN6O/c1-2-3-8-20-24-19(23)13-21(30)29(20)14-15-9-11-16(12-10-15)17-6-4-5-7-18(17)22-25-27-28-26-22/h4-7,9-13H,2-3,8,14H2,1H3,(H,25,26,27,28). The van der Waals surface area contributed by atoms with Crippen LogP contribution in [0.3, 0.4) is 0 Å². The number of nitrogens with one attached hydrogen (secondary N) is 1. The average Bonchev–Trinajstić information content (AvgIpc) is 3.30. The summed E-state index contributed by atoms with van der Waals surface area (Å²) in [6.45, 7) is 2.56. The second-order valence-electron chi connectivity index (χ2n) is 7.02. The zero-order chi connectivity index (χ0) is 20.9. The molecule has 8 heteroatoms. The van der Waals surface area contributed by atoms with E-state index in [2.05, 4.69) is 32.5 Å². The molecule has 0 aliphatic heterocycles. The van der Waals surface area contributed by atoms with E-state index in [1.54, 1.807) is 4.57 Å². The van der Waals surface area contributed by atoms with E-state index in [9.17, 15) is 4.79 Å². The maximum Gasteiger partial charge on any atom is 0.255 e. The first kappa shape index (κ1) is 20.0. The first-order chi connectivity index (χ1) is 14.7. The number of rotatable bonds is 7. The van der Waals surface area contributed by atoms with Gasteiger partial charge in [-0.2, -0.15) is 0 Å². The summed E-state index contributed by atoms with van der Waals surface area (Å²) < 4.78 is 1.70. The Morgan fingerprint density at radius 1 is 1.07 bits per heavy atom. The summed E-state index contributed by atoms with van der Waals surface area (Å²) >= 11 is 6.01. The van der Waals surface area contributed by atoms with Gasteiger partial charge in [0.1, 0.15) is 11.0 Å². The van der Waals surface area contributed by atoms with E-state index in [0.29, 0.717) is 12.4 Å². The number of aromatic nitrogens is 6. The number of hydrogen-bond acceptors (Lipinski definition) is 5. The minimum Gasteiger partial charge on any atom is -0.292 e. The maximum absolute atomic E-state index is 12.5. The first-order valence-electron chi connectivity index (χ1n) is 9.84. The van der Waals surface area contributed by atoms with Crippen LogP contribution in [0, 0.1) is 0 Å². The van der Waals surface area contributed by atoms with Crippen LogP contribution in [0.4, 0.5) is 0 Å². The summed E-state index contributed by atoms with van der Waals surface area (Å²) in [5.41, 5.74) is 3.88. The lowest BCUT2D eigenvalue weighted by Gasteiger charge is -2.13. The number of aryl methyl sites for hydroxylation is 1. The summed E-state index contributed by atoms with van der Waals surface area (Å²) in [6, 6.07) is 17.4. The molecule has 0 atom stereocenters. The Morgan fingerprint density at radius 2 is 1.83 bits per heavy atom. The van der Waals surface area contributed by atoms with Crippen LogP contribution in [0.5, 0.6) is 0 Å². The molecule has 2 heterocycles. The zero-order valence-corrected chi connectivity index (χ0v) is 17.3. The fourth-order valence-corrected chi connectivity index (χ4v) is 3.60. The molecule has 0 saturated carbocycles. The van der Waals surface area contributed by atoms with Gasteiger partial charge in [0.05, 0.1) is 6.54 Å². The van der Waals surface area contributed by atoms with Gasteiger partial charge >= 0.3 is 0 Å². The van der Waals surface area contributed by atoms with Crippen molar-refractivity contribution in [2.24, 2.45) is 0 Å². The number of benzene rings is 2. The molecule has 7 nitrogen and oxygen atoms in total. The molecule has 2 aromatic heterocycles. The number of halogens is 1. The van der Waals surface area contributed by atoms with Crippen LogP contribution in [-0.2, 0) is 13.0 Å². The molecular weight excluding hydrogens is 400 g/mol. The Morgan fingerprint density at radius 3 is 2.53 bits per heavy atom. The van der Waals surface area contributed by atoms with E-state index < -0.39 is 0 Å². The number of hydrogen-bond donors (Lipinski definition) is 1. The number of H-pyrrole nitrogens is 1. The van der Waals surface area contributed by atoms with Gasteiger partial charge in [0, 0.05) is 18.1 Å². The Balaban J connectivity index is 1.63. The van der Waals surface area contributed by atoms with Crippen molar-refractivity contribution in [2.75, 3.05) is 0 Å². The molecule has 0 unspecified atom stereocenters. The van der Waals surface area contributed by atoms with Crippen LogP contribution in [-0.4, -0.2) is 30.2 Å². The van der Waals surface area contributed by atoms with Crippen molar-refractivity contribution in [3.8, 4) is 22.5 Å². The fraction of sp³-hybridized carbons (Fsp3) is 0.227. The molecule has 1 N–H and O–H groups in total. The third kappa shape index (κ3) is 4.31. The molecule has 0 fully saturated rings. The average molecular weight is 421 g/mol. The fourth-order valence-electron chi connectivity index (χ4n) is 3.40. The van der Waals surface area contributed by atoms with Crippen molar-refractivity contribution in [2.45, 2.75) is 32.7 Å². The third-order valence-corrected chi connectivity index (χ3v) is 5.14. The lowest BCUT2D eigenvalue weighted by molar-refractivity contribution is 0.637. The van der Waals surface area contributed by atoms with E-state index >= 15 is 0 Å². The lowest BCUT2D eigenvalue weighted by atomic mass is 9.98. The molecule has 4 aromatic rings. The van der Waals surface area contributed by atoms with Gasteiger partial charge in [-0.15, -0.1) is 5.10 Å². The van der Waals surface area contributed by atoms with Gasteiger partial charge in [-0.05, 0) is 33.5 Å². The molecule has 0 bridgehead atoms. The normalized spacial score (nSPS) is 11.0. The van der Waals surface area contributed by atoms with Crippen LogP contribution < -0.4 is 5.56 Å². The molecule has 0 saturated heterocycles. The smallest absolute Gasteiger partial charge is 0.255 e. The summed E-state index contributed by atoms with van der Waals surface area (Å²) in [6.07, 6.45) is 2.71.